The van der Waals surface area contributed by atoms with Gasteiger partial charge in [0, 0.05) is 10.0 Å². The van der Waals surface area contributed by atoms with E-state index in [1.807, 2.05) is 50.2 Å². The summed E-state index contributed by atoms with van der Waals surface area (Å²) in [6.07, 6.45) is 0. The van der Waals surface area contributed by atoms with Crippen LogP contribution in [0.25, 0.3) is 28.7 Å². The predicted molar refractivity (Wildman–Crippen MR) is 102 cm³/mol. The third kappa shape index (κ3) is 2.99. The number of aryl methyl sites for hydroxylation is 2. The molecule has 2 N–H and O–H groups in total. The highest BCUT2D eigenvalue weighted by Gasteiger charge is 2.20. The van der Waals surface area contributed by atoms with Crippen LogP contribution in [0.2, 0.25) is 0 Å². The largest absolute Gasteiger partial charge is 0.382 e. The molecule has 0 bridgehead atoms. The van der Waals surface area contributed by atoms with E-state index in [1.54, 1.807) is 4.68 Å². The Bertz CT molecular complexity index is 1060. The van der Waals surface area contributed by atoms with Gasteiger partial charge in [-0.05, 0) is 61.4 Å². The minimum absolute atomic E-state index is 0.232. The molecule has 2 aromatic carbocycles. The first-order valence-electron chi connectivity index (χ1n) is 7.91. The second kappa shape index (κ2) is 6.38. The van der Waals surface area contributed by atoms with Gasteiger partial charge in [-0.25, -0.2) is 0 Å². The fraction of sp³-hybridized carbons (Fsp3) is 0.111. The van der Waals surface area contributed by atoms with Crippen molar-refractivity contribution in [2.45, 2.75) is 13.8 Å². The molecule has 8 heteroatoms. The zero-order valence-electron chi connectivity index (χ0n) is 14.1. The summed E-state index contributed by atoms with van der Waals surface area (Å²) in [5, 5.41) is 12.3. The Balaban J connectivity index is 1.71. The van der Waals surface area contributed by atoms with E-state index >= 15 is 0 Å². The van der Waals surface area contributed by atoms with E-state index < -0.39 is 0 Å². The van der Waals surface area contributed by atoms with E-state index in [1.165, 1.54) is 0 Å². The molecule has 4 aromatic rings. The first-order valence-corrected chi connectivity index (χ1v) is 8.70. The Hall–Kier alpha value is -3.00. The Morgan fingerprint density at radius 3 is 2.42 bits per heavy atom. The molecule has 4 rings (SSSR count). The Kier molecular flexibility index (Phi) is 4.04. The normalized spacial score (nSPS) is 11.0. The maximum absolute atomic E-state index is 6.24. The average Bonchev–Trinajstić information content (AvgIpc) is 3.21. The third-order valence-electron chi connectivity index (χ3n) is 3.89. The van der Waals surface area contributed by atoms with Crippen LogP contribution < -0.4 is 5.73 Å². The lowest BCUT2D eigenvalue weighted by Gasteiger charge is -2.05. The molecule has 0 amide bonds. The smallest absolute Gasteiger partial charge is 0.282 e. The number of benzene rings is 2. The standard InChI is InChI=1S/C18H15BrN6O/c1-10-7-11(2)9-14(8-10)25-16(20)15(22-24-25)18-21-17(23-26-18)12-3-5-13(19)6-4-12/h3-9H,20H2,1-2H3. The lowest BCUT2D eigenvalue weighted by Crippen LogP contribution is -2.03. The summed E-state index contributed by atoms with van der Waals surface area (Å²) in [5.41, 5.74) is 10.5. The number of nitrogens with zero attached hydrogens (tertiary/aromatic N) is 5. The molecule has 0 atom stereocenters. The summed E-state index contributed by atoms with van der Waals surface area (Å²) >= 11 is 3.40. The zero-order valence-corrected chi connectivity index (χ0v) is 15.7. The van der Waals surface area contributed by atoms with Crippen molar-refractivity contribution in [2.75, 3.05) is 5.73 Å². The summed E-state index contributed by atoms with van der Waals surface area (Å²) < 4.78 is 7.89. The van der Waals surface area contributed by atoms with Gasteiger partial charge in [0.2, 0.25) is 5.82 Å². The first kappa shape index (κ1) is 16.5. The monoisotopic (exact) mass is 410 g/mol. The Morgan fingerprint density at radius 1 is 1.04 bits per heavy atom. The highest BCUT2D eigenvalue weighted by atomic mass is 79.9. The predicted octanol–water partition coefficient (Wildman–Crippen LogP) is 3.95. The highest BCUT2D eigenvalue weighted by molar-refractivity contribution is 9.10. The average molecular weight is 411 g/mol. The van der Waals surface area contributed by atoms with Crippen LogP contribution in [0.5, 0.6) is 0 Å². The van der Waals surface area contributed by atoms with Crippen molar-refractivity contribution in [3.05, 3.63) is 58.1 Å². The van der Waals surface area contributed by atoms with Gasteiger partial charge >= 0.3 is 0 Å². The summed E-state index contributed by atoms with van der Waals surface area (Å²) in [5.74, 6) is 1.05. The first-order chi connectivity index (χ1) is 12.5. The summed E-state index contributed by atoms with van der Waals surface area (Å²) in [4.78, 5) is 4.39. The number of hydrogen-bond donors (Lipinski definition) is 1. The SMILES string of the molecule is Cc1cc(C)cc(-n2nnc(-c3nc(-c4ccc(Br)cc4)no3)c2N)c1. The van der Waals surface area contributed by atoms with Gasteiger partial charge in [0.05, 0.1) is 5.69 Å². The molecule has 2 heterocycles. The number of aromatic nitrogens is 5. The topological polar surface area (TPSA) is 95.6 Å². The quantitative estimate of drug-likeness (QED) is 0.549. The maximum Gasteiger partial charge on any atom is 0.282 e. The van der Waals surface area contributed by atoms with Crippen molar-refractivity contribution >= 4 is 21.7 Å². The van der Waals surface area contributed by atoms with Gasteiger partial charge in [0.25, 0.3) is 5.89 Å². The molecule has 0 saturated heterocycles. The highest BCUT2D eigenvalue weighted by Crippen LogP contribution is 2.27. The van der Waals surface area contributed by atoms with Crippen molar-refractivity contribution in [1.82, 2.24) is 25.1 Å². The van der Waals surface area contributed by atoms with E-state index in [-0.39, 0.29) is 5.89 Å². The molecule has 2 aromatic heterocycles. The molecule has 0 fully saturated rings. The van der Waals surface area contributed by atoms with E-state index in [0.717, 1.165) is 26.9 Å². The fourth-order valence-corrected chi connectivity index (χ4v) is 3.01. The minimum Gasteiger partial charge on any atom is -0.382 e. The molecule has 26 heavy (non-hydrogen) atoms. The van der Waals surface area contributed by atoms with Crippen LogP contribution in [0, 0.1) is 13.8 Å². The Morgan fingerprint density at radius 2 is 1.73 bits per heavy atom. The summed E-state index contributed by atoms with van der Waals surface area (Å²) in [6.45, 7) is 4.04. The molecular formula is C18H15BrN6O. The van der Waals surface area contributed by atoms with Gasteiger partial charge in [-0.2, -0.15) is 9.67 Å². The second-order valence-corrected chi connectivity index (χ2v) is 6.93. The van der Waals surface area contributed by atoms with Crippen molar-refractivity contribution in [3.63, 3.8) is 0 Å². The van der Waals surface area contributed by atoms with Crippen LogP contribution in [0.15, 0.2) is 51.5 Å². The number of nitrogens with two attached hydrogens (primary N) is 1. The van der Waals surface area contributed by atoms with Crippen LogP contribution in [0.3, 0.4) is 0 Å². The van der Waals surface area contributed by atoms with Gasteiger partial charge in [0.1, 0.15) is 0 Å². The minimum atomic E-state index is 0.232. The van der Waals surface area contributed by atoms with Crippen LogP contribution in [0.1, 0.15) is 11.1 Å². The Labute approximate surface area is 158 Å². The summed E-state index contributed by atoms with van der Waals surface area (Å²) in [7, 11) is 0. The van der Waals surface area contributed by atoms with E-state index in [9.17, 15) is 0 Å². The van der Waals surface area contributed by atoms with Gasteiger partial charge in [-0.3, -0.25) is 0 Å². The molecule has 130 valence electrons. The lowest BCUT2D eigenvalue weighted by atomic mass is 10.1. The lowest BCUT2D eigenvalue weighted by molar-refractivity contribution is 0.431. The van der Waals surface area contributed by atoms with Gasteiger partial charge in [-0.1, -0.05) is 32.4 Å². The van der Waals surface area contributed by atoms with Crippen LogP contribution in [-0.4, -0.2) is 25.1 Å². The maximum atomic E-state index is 6.24. The fourth-order valence-electron chi connectivity index (χ4n) is 2.74. The molecule has 0 radical (unpaired) electrons. The molecule has 7 nitrogen and oxygen atoms in total. The second-order valence-electron chi connectivity index (χ2n) is 6.01. The number of hydrogen-bond acceptors (Lipinski definition) is 6. The van der Waals surface area contributed by atoms with Gasteiger partial charge < -0.3 is 10.3 Å². The molecule has 0 aliphatic carbocycles. The third-order valence-corrected chi connectivity index (χ3v) is 4.42. The number of anilines is 1. The van der Waals surface area contributed by atoms with Crippen molar-refractivity contribution in [3.8, 4) is 28.7 Å². The number of halogens is 1. The van der Waals surface area contributed by atoms with Gasteiger partial charge in [0.15, 0.2) is 11.5 Å². The van der Waals surface area contributed by atoms with E-state index in [0.29, 0.717) is 17.3 Å². The molecule has 0 aliphatic rings. The zero-order chi connectivity index (χ0) is 18.3. The summed E-state index contributed by atoms with van der Waals surface area (Å²) in [6, 6.07) is 13.7. The van der Waals surface area contributed by atoms with Crippen molar-refractivity contribution in [1.29, 1.82) is 0 Å². The van der Waals surface area contributed by atoms with Crippen molar-refractivity contribution in [2.24, 2.45) is 0 Å². The van der Waals surface area contributed by atoms with Crippen molar-refractivity contribution < 1.29 is 4.52 Å². The number of nitrogen functional groups attached to an aromatic ring is 1. The van der Waals surface area contributed by atoms with Gasteiger partial charge in [-0.15, -0.1) is 5.10 Å². The molecule has 0 saturated carbocycles. The van der Waals surface area contributed by atoms with E-state index in [4.69, 9.17) is 10.3 Å². The molecule has 0 aliphatic heterocycles. The molecule has 0 spiro atoms. The van der Waals surface area contributed by atoms with Crippen LogP contribution >= 0.6 is 15.9 Å². The molecule has 0 unspecified atom stereocenters. The number of rotatable bonds is 3. The van der Waals surface area contributed by atoms with Crippen LogP contribution in [-0.2, 0) is 0 Å². The van der Waals surface area contributed by atoms with Crippen LogP contribution in [0.4, 0.5) is 5.82 Å². The van der Waals surface area contributed by atoms with E-state index in [2.05, 4.69) is 42.4 Å². The molecular weight excluding hydrogens is 396 g/mol.